The molecule has 0 saturated heterocycles. The minimum Gasteiger partial charge on any atom is -0.490 e. The second kappa shape index (κ2) is 6.35. The third-order valence-electron chi connectivity index (χ3n) is 3.53. The smallest absolute Gasteiger partial charge is 0.161 e. The fourth-order valence-corrected chi connectivity index (χ4v) is 2.30. The Kier molecular flexibility index (Phi) is 4.10. The SMILES string of the molecule is CC(Nc1ccc(C#N)cn1)c1ccc2c(c1)OCCCO2. The largest absolute Gasteiger partial charge is 0.490 e. The van der Waals surface area contributed by atoms with Crippen LogP contribution in [-0.2, 0) is 0 Å². The van der Waals surface area contributed by atoms with Crippen molar-refractivity contribution >= 4 is 5.82 Å². The second-order valence-electron chi connectivity index (χ2n) is 5.17. The van der Waals surface area contributed by atoms with Gasteiger partial charge in [0.05, 0.1) is 24.8 Å². The van der Waals surface area contributed by atoms with Crippen molar-refractivity contribution in [3.8, 4) is 17.6 Å². The zero-order chi connectivity index (χ0) is 15.4. The van der Waals surface area contributed by atoms with Crippen LogP contribution in [0.4, 0.5) is 5.82 Å². The van der Waals surface area contributed by atoms with Crippen molar-refractivity contribution in [1.82, 2.24) is 4.98 Å². The van der Waals surface area contributed by atoms with Crippen molar-refractivity contribution in [2.24, 2.45) is 0 Å². The van der Waals surface area contributed by atoms with Crippen LogP contribution in [0.2, 0.25) is 0 Å². The fourth-order valence-electron chi connectivity index (χ4n) is 2.30. The van der Waals surface area contributed by atoms with Gasteiger partial charge in [-0.1, -0.05) is 6.07 Å². The Morgan fingerprint density at radius 2 is 2.00 bits per heavy atom. The van der Waals surface area contributed by atoms with Crippen LogP contribution in [0.25, 0.3) is 0 Å². The number of rotatable bonds is 3. The maximum atomic E-state index is 8.79. The van der Waals surface area contributed by atoms with Gasteiger partial charge in [-0.3, -0.25) is 0 Å². The first-order valence-corrected chi connectivity index (χ1v) is 7.28. The van der Waals surface area contributed by atoms with E-state index in [-0.39, 0.29) is 6.04 Å². The first kappa shape index (κ1) is 14.2. The highest BCUT2D eigenvalue weighted by atomic mass is 16.5. The molecular weight excluding hydrogens is 278 g/mol. The number of aromatic nitrogens is 1. The van der Waals surface area contributed by atoms with Gasteiger partial charge in [0, 0.05) is 12.6 Å². The molecular formula is C17H17N3O2. The molecule has 1 N–H and O–H groups in total. The Hall–Kier alpha value is -2.74. The molecule has 0 spiro atoms. The number of ether oxygens (including phenoxy) is 2. The topological polar surface area (TPSA) is 67.2 Å². The van der Waals surface area contributed by atoms with Gasteiger partial charge in [0.15, 0.2) is 11.5 Å². The summed E-state index contributed by atoms with van der Waals surface area (Å²) in [5.74, 6) is 2.32. The molecule has 112 valence electrons. The normalized spacial score (nSPS) is 14.5. The summed E-state index contributed by atoms with van der Waals surface area (Å²) in [7, 11) is 0. The molecule has 0 amide bonds. The van der Waals surface area contributed by atoms with Gasteiger partial charge in [-0.2, -0.15) is 5.26 Å². The van der Waals surface area contributed by atoms with E-state index >= 15 is 0 Å². The van der Waals surface area contributed by atoms with E-state index in [1.807, 2.05) is 18.2 Å². The van der Waals surface area contributed by atoms with E-state index in [4.69, 9.17) is 14.7 Å². The molecule has 1 aromatic heterocycles. The molecule has 2 aromatic rings. The molecule has 1 aromatic carbocycles. The number of fused-ring (bicyclic) bond motifs is 1. The lowest BCUT2D eigenvalue weighted by Crippen LogP contribution is -2.08. The molecule has 0 fully saturated rings. The van der Waals surface area contributed by atoms with Crippen molar-refractivity contribution in [2.45, 2.75) is 19.4 Å². The standard InChI is InChI=1S/C17H17N3O2/c1-12(20-17-6-3-13(10-18)11-19-17)14-4-5-15-16(9-14)22-8-2-7-21-15/h3-6,9,11-12H,2,7-8H2,1H3,(H,19,20). The fraction of sp³-hybridized carbons (Fsp3) is 0.294. The molecule has 1 atom stereocenters. The van der Waals surface area contributed by atoms with Gasteiger partial charge in [0.2, 0.25) is 0 Å². The first-order chi connectivity index (χ1) is 10.8. The summed E-state index contributed by atoms with van der Waals surface area (Å²) >= 11 is 0. The van der Waals surface area contributed by atoms with E-state index in [1.54, 1.807) is 18.3 Å². The highest BCUT2D eigenvalue weighted by Gasteiger charge is 2.13. The summed E-state index contributed by atoms with van der Waals surface area (Å²) in [4.78, 5) is 4.23. The number of hydrogen-bond acceptors (Lipinski definition) is 5. The Labute approximate surface area is 129 Å². The van der Waals surface area contributed by atoms with Crippen molar-refractivity contribution in [2.75, 3.05) is 18.5 Å². The van der Waals surface area contributed by atoms with Crippen LogP contribution < -0.4 is 14.8 Å². The lowest BCUT2D eigenvalue weighted by atomic mass is 10.1. The number of hydrogen-bond donors (Lipinski definition) is 1. The molecule has 22 heavy (non-hydrogen) atoms. The van der Waals surface area contributed by atoms with Crippen LogP contribution >= 0.6 is 0 Å². The minimum absolute atomic E-state index is 0.0672. The van der Waals surface area contributed by atoms with Crippen molar-refractivity contribution in [3.05, 3.63) is 47.7 Å². The van der Waals surface area contributed by atoms with Crippen LogP contribution in [0.3, 0.4) is 0 Å². The summed E-state index contributed by atoms with van der Waals surface area (Å²) in [5.41, 5.74) is 1.64. The molecule has 1 unspecified atom stereocenters. The molecule has 1 aliphatic rings. The summed E-state index contributed by atoms with van der Waals surface area (Å²) in [6, 6.07) is 11.6. The van der Waals surface area contributed by atoms with E-state index in [1.165, 1.54) is 0 Å². The Bertz CT molecular complexity index is 692. The van der Waals surface area contributed by atoms with Crippen molar-refractivity contribution < 1.29 is 9.47 Å². The molecule has 0 radical (unpaired) electrons. The van der Waals surface area contributed by atoms with Gasteiger partial charge < -0.3 is 14.8 Å². The van der Waals surface area contributed by atoms with Crippen LogP contribution in [0, 0.1) is 11.3 Å². The van der Waals surface area contributed by atoms with Gasteiger partial charge >= 0.3 is 0 Å². The summed E-state index contributed by atoms with van der Waals surface area (Å²) in [5, 5.41) is 12.1. The first-order valence-electron chi connectivity index (χ1n) is 7.28. The third kappa shape index (κ3) is 3.12. The van der Waals surface area contributed by atoms with Gasteiger partial charge in [-0.15, -0.1) is 0 Å². The minimum atomic E-state index is 0.0672. The van der Waals surface area contributed by atoms with E-state index in [9.17, 15) is 0 Å². The molecule has 5 heteroatoms. The number of nitrogens with one attached hydrogen (secondary N) is 1. The highest BCUT2D eigenvalue weighted by molar-refractivity contribution is 5.47. The van der Waals surface area contributed by atoms with Gasteiger partial charge in [0.1, 0.15) is 11.9 Å². The summed E-state index contributed by atoms with van der Waals surface area (Å²) in [6.45, 7) is 3.42. The zero-order valence-electron chi connectivity index (χ0n) is 12.4. The van der Waals surface area contributed by atoms with Crippen LogP contribution in [0.15, 0.2) is 36.5 Å². The molecule has 0 saturated carbocycles. The quantitative estimate of drug-likeness (QED) is 0.941. The number of pyridine rings is 1. The van der Waals surface area contributed by atoms with Gasteiger partial charge in [-0.25, -0.2) is 4.98 Å². The van der Waals surface area contributed by atoms with Crippen molar-refractivity contribution in [3.63, 3.8) is 0 Å². The molecule has 0 bridgehead atoms. The monoisotopic (exact) mass is 295 g/mol. The maximum Gasteiger partial charge on any atom is 0.161 e. The molecule has 1 aliphatic heterocycles. The summed E-state index contributed by atoms with van der Waals surface area (Å²) < 4.78 is 11.4. The van der Waals surface area contributed by atoms with Gasteiger partial charge in [-0.05, 0) is 36.8 Å². The average Bonchev–Trinajstić information content (AvgIpc) is 2.80. The number of nitrogens with zero attached hydrogens (tertiary/aromatic N) is 2. The Morgan fingerprint density at radius 1 is 1.18 bits per heavy atom. The van der Waals surface area contributed by atoms with E-state index in [0.29, 0.717) is 18.8 Å². The van der Waals surface area contributed by atoms with E-state index < -0.39 is 0 Å². The van der Waals surface area contributed by atoms with Crippen LogP contribution in [0.1, 0.15) is 30.5 Å². The second-order valence-corrected chi connectivity index (χ2v) is 5.17. The lowest BCUT2D eigenvalue weighted by molar-refractivity contribution is 0.297. The zero-order valence-corrected chi connectivity index (χ0v) is 12.4. The number of anilines is 1. The Balaban J connectivity index is 1.75. The molecule has 0 aliphatic carbocycles. The third-order valence-corrected chi connectivity index (χ3v) is 3.53. The lowest BCUT2D eigenvalue weighted by Gasteiger charge is -2.17. The van der Waals surface area contributed by atoms with E-state index in [2.05, 4.69) is 23.3 Å². The molecule has 3 rings (SSSR count). The van der Waals surface area contributed by atoms with Crippen molar-refractivity contribution in [1.29, 1.82) is 5.26 Å². The summed E-state index contributed by atoms with van der Waals surface area (Å²) in [6.07, 6.45) is 2.45. The number of benzene rings is 1. The van der Waals surface area contributed by atoms with Crippen LogP contribution in [0.5, 0.6) is 11.5 Å². The average molecular weight is 295 g/mol. The highest BCUT2D eigenvalue weighted by Crippen LogP contribution is 2.32. The maximum absolute atomic E-state index is 8.79. The number of nitriles is 1. The Morgan fingerprint density at radius 3 is 2.73 bits per heavy atom. The van der Waals surface area contributed by atoms with E-state index in [0.717, 1.165) is 29.3 Å². The predicted molar refractivity (Wildman–Crippen MR) is 83.0 cm³/mol. The van der Waals surface area contributed by atoms with Crippen LogP contribution in [-0.4, -0.2) is 18.2 Å². The predicted octanol–water partition coefficient (Wildman–Crippen LogP) is 3.29. The molecule has 5 nitrogen and oxygen atoms in total. The van der Waals surface area contributed by atoms with Gasteiger partial charge in [0.25, 0.3) is 0 Å². The molecule has 2 heterocycles.